The van der Waals surface area contributed by atoms with Crippen LogP contribution in [0.1, 0.15) is 18.1 Å². The molecule has 0 N–H and O–H groups in total. The number of ether oxygens (including phenoxy) is 3. The fourth-order valence-corrected chi connectivity index (χ4v) is 2.32. The highest BCUT2D eigenvalue weighted by Crippen LogP contribution is 2.33. The summed E-state index contributed by atoms with van der Waals surface area (Å²) in [5.74, 6) is 0.453. The molecule has 2 aromatic rings. The van der Waals surface area contributed by atoms with Crippen LogP contribution < -0.4 is 4.74 Å². The lowest BCUT2D eigenvalue weighted by Crippen LogP contribution is -2.02. The number of rotatable bonds is 6. The molecule has 2 rings (SSSR count). The van der Waals surface area contributed by atoms with E-state index in [1.807, 2.05) is 37.3 Å². The third kappa shape index (κ3) is 3.65. The average molecular weight is 300 g/mol. The Morgan fingerprint density at radius 1 is 1.23 bits per heavy atom. The first-order chi connectivity index (χ1) is 10.7. The number of esters is 1. The molecule has 4 heteroatoms. The molecule has 0 spiro atoms. The monoisotopic (exact) mass is 300 g/mol. The van der Waals surface area contributed by atoms with Crippen LogP contribution in [0.4, 0.5) is 0 Å². The van der Waals surface area contributed by atoms with Crippen LogP contribution in [0.2, 0.25) is 0 Å². The molecular formula is C18H20O4. The van der Waals surface area contributed by atoms with E-state index in [1.165, 1.54) is 6.08 Å². The fraction of sp³-hybridized carbons (Fsp3) is 0.278. The van der Waals surface area contributed by atoms with Crippen LogP contribution in [0.15, 0.2) is 36.4 Å². The van der Waals surface area contributed by atoms with Crippen molar-refractivity contribution in [2.45, 2.75) is 13.8 Å². The molecule has 0 aliphatic carbocycles. The molecule has 0 fully saturated rings. The van der Waals surface area contributed by atoms with Gasteiger partial charge in [-0.15, -0.1) is 0 Å². The maximum atomic E-state index is 11.5. The van der Waals surface area contributed by atoms with Crippen molar-refractivity contribution in [1.82, 2.24) is 0 Å². The van der Waals surface area contributed by atoms with E-state index >= 15 is 0 Å². The van der Waals surface area contributed by atoms with Crippen LogP contribution in [0.5, 0.6) is 5.75 Å². The van der Waals surface area contributed by atoms with Crippen molar-refractivity contribution in [3.8, 4) is 5.75 Å². The van der Waals surface area contributed by atoms with Gasteiger partial charge in [0.1, 0.15) is 5.75 Å². The van der Waals surface area contributed by atoms with Crippen LogP contribution in [0.3, 0.4) is 0 Å². The zero-order valence-corrected chi connectivity index (χ0v) is 13.1. The van der Waals surface area contributed by atoms with Crippen LogP contribution in [0, 0.1) is 6.92 Å². The van der Waals surface area contributed by atoms with E-state index < -0.39 is 0 Å². The molecule has 0 unspecified atom stereocenters. The molecule has 0 aliphatic heterocycles. The second-order valence-corrected chi connectivity index (χ2v) is 4.79. The topological polar surface area (TPSA) is 44.8 Å². The minimum Gasteiger partial charge on any atom is -0.467 e. The first-order valence-corrected chi connectivity index (χ1v) is 7.16. The second kappa shape index (κ2) is 7.61. The highest BCUT2D eigenvalue weighted by molar-refractivity contribution is 5.98. The van der Waals surface area contributed by atoms with Crippen molar-refractivity contribution in [2.75, 3.05) is 20.5 Å². The highest BCUT2D eigenvalue weighted by Gasteiger charge is 2.09. The quantitative estimate of drug-likeness (QED) is 0.463. The molecule has 22 heavy (non-hydrogen) atoms. The molecule has 0 atom stereocenters. The maximum absolute atomic E-state index is 11.5. The summed E-state index contributed by atoms with van der Waals surface area (Å²) >= 11 is 0. The standard InChI is InChI=1S/C18H20O4/c1-4-21-17(19)10-9-14-11-13(2)18(22-12-20-3)16-8-6-5-7-15(14)16/h5-11H,4,12H2,1-3H3/b10-9+. The van der Waals surface area contributed by atoms with Gasteiger partial charge in [-0.3, -0.25) is 0 Å². The Balaban J connectivity index is 2.46. The molecule has 0 radical (unpaired) electrons. The zero-order chi connectivity index (χ0) is 15.9. The SMILES string of the molecule is CCOC(=O)/C=C/c1cc(C)c(OCOC)c2ccccc12. The van der Waals surface area contributed by atoms with E-state index in [4.69, 9.17) is 14.2 Å². The van der Waals surface area contributed by atoms with Crippen LogP contribution in [0.25, 0.3) is 16.8 Å². The first-order valence-electron chi connectivity index (χ1n) is 7.16. The van der Waals surface area contributed by atoms with Gasteiger partial charge in [-0.2, -0.15) is 0 Å². The minimum absolute atomic E-state index is 0.197. The van der Waals surface area contributed by atoms with Gasteiger partial charge >= 0.3 is 5.97 Å². The van der Waals surface area contributed by atoms with Gasteiger partial charge in [0.25, 0.3) is 0 Å². The Morgan fingerprint density at radius 2 is 1.95 bits per heavy atom. The van der Waals surface area contributed by atoms with E-state index in [0.717, 1.165) is 27.6 Å². The van der Waals surface area contributed by atoms with Crippen LogP contribution in [-0.4, -0.2) is 26.5 Å². The molecule has 2 aromatic carbocycles. The molecule has 0 bridgehead atoms. The number of benzene rings is 2. The van der Waals surface area contributed by atoms with E-state index in [-0.39, 0.29) is 12.8 Å². The van der Waals surface area contributed by atoms with Gasteiger partial charge in [0.15, 0.2) is 6.79 Å². The zero-order valence-electron chi connectivity index (χ0n) is 13.1. The van der Waals surface area contributed by atoms with E-state index in [1.54, 1.807) is 20.1 Å². The van der Waals surface area contributed by atoms with Crippen molar-refractivity contribution < 1.29 is 19.0 Å². The van der Waals surface area contributed by atoms with E-state index in [2.05, 4.69) is 0 Å². The van der Waals surface area contributed by atoms with Gasteiger partial charge in [0.2, 0.25) is 0 Å². The smallest absolute Gasteiger partial charge is 0.330 e. The van der Waals surface area contributed by atoms with Gasteiger partial charge in [-0.1, -0.05) is 24.3 Å². The number of hydrogen-bond acceptors (Lipinski definition) is 4. The number of methoxy groups -OCH3 is 1. The predicted molar refractivity (Wildman–Crippen MR) is 86.9 cm³/mol. The highest BCUT2D eigenvalue weighted by atomic mass is 16.7. The molecule has 116 valence electrons. The molecule has 4 nitrogen and oxygen atoms in total. The summed E-state index contributed by atoms with van der Waals surface area (Å²) in [6, 6.07) is 9.90. The largest absolute Gasteiger partial charge is 0.467 e. The number of carbonyl (C=O) groups excluding carboxylic acids is 1. The van der Waals surface area contributed by atoms with E-state index in [0.29, 0.717) is 6.61 Å². The first kappa shape index (κ1) is 16.0. The summed E-state index contributed by atoms with van der Waals surface area (Å²) < 4.78 is 15.6. The van der Waals surface area contributed by atoms with Gasteiger partial charge in [0, 0.05) is 18.6 Å². The Labute approximate surface area is 130 Å². The third-order valence-electron chi connectivity index (χ3n) is 3.22. The predicted octanol–water partition coefficient (Wildman–Crippen LogP) is 3.71. The summed E-state index contributed by atoms with van der Waals surface area (Å²) in [6.45, 7) is 4.32. The molecule has 0 aromatic heterocycles. The minimum atomic E-state index is -0.344. The lowest BCUT2D eigenvalue weighted by Gasteiger charge is -2.13. The third-order valence-corrected chi connectivity index (χ3v) is 3.22. The summed E-state index contributed by atoms with van der Waals surface area (Å²) in [6.07, 6.45) is 3.22. The lowest BCUT2D eigenvalue weighted by molar-refractivity contribution is -0.137. The number of hydrogen-bond donors (Lipinski definition) is 0. The summed E-state index contributed by atoms with van der Waals surface area (Å²) in [4.78, 5) is 11.5. The van der Waals surface area contributed by atoms with Crippen molar-refractivity contribution in [1.29, 1.82) is 0 Å². The molecule has 0 heterocycles. The van der Waals surface area contributed by atoms with Crippen molar-refractivity contribution in [3.63, 3.8) is 0 Å². The van der Waals surface area contributed by atoms with Crippen molar-refractivity contribution in [2.24, 2.45) is 0 Å². The summed E-state index contributed by atoms with van der Waals surface area (Å²) in [7, 11) is 1.59. The molecule has 0 aliphatic rings. The number of aryl methyl sites for hydroxylation is 1. The van der Waals surface area contributed by atoms with Crippen molar-refractivity contribution >= 4 is 22.8 Å². The lowest BCUT2D eigenvalue weighted by atomic mass is 9.99. The fourth-order valence-electron chi connectivity index (χ4n) is 2.32. The van der Waals surface area contributed by atoms with Gasteiger partial charge in [0.05, 0.1) is 6.61 Å². The number of carbonyl (C=O) groups is 1. The normalized spacial score (nSPS) is 11.0. The van der Waals surface area contributed by atoms with E-state index in [9.17, 15) is 4.79 Å². The summed E-state index contributed by atoms with van der Waals surface area (Å²) in [5, 5.41) is 2.00. The van der Waals surface area contributed by atoms with Gasteiger partial charge in [-0.05, 0) is 42.5 Å². The average Bonchev–Trinajstić information content (AvgIpc) is 2.52. The molecule has 0 amide bonds. The molecular weight excluding hydrogens is 280 g/mol. The Kier molecular flexibility index (Phi) is 5.55. The molecule has 0 saturated heterocycles. The summed E-state index contributed by atoms with van der Waals surface area (Å²) in [5.41, 5.74) is 1.94. The van der Waals surface area contributed by atoms with Crippen molar-refractivity contribution in [3.05, 3.63) is 47.5 Å². The number of fused-ring (bicyclic) bond motifs is 1. The van der Waals surface area contributed by atoms with Gasteiger partial charge in [-0.25, -0.2) is 4.79 Å². The Morgan fingerprint density at radius 3 is 2.64 bits per heavy atom. The Bertz CT molecular complexity index is 689. The van der Waals surface area contributed by atoms with Gasteiger partial charge < -0.3 is 14.2 Å². The van der Waals surface area contributed by atoms with Crippen LogP contribution >= 0.6 is 0 Å². The maximum Gasteiger partial charge on any atom is 0.330 e. The van der Waals surface area contributed by atoms with Crippen LogP contribution in [-0.2, 0) is 14.3 Å². The Hall–Kier alpha value is -2.33. The second-order valence-electron chi connectivity index (χ2n) is 4.79. The molecule has 0 saturated carbocycles.